The largest absolute Gasteiger partial charge is 0.486 e. The third-order valence-corrected chi connectivity index (χ3v) is 3.60. The van der Waals surface area contributed by atoms with Gasteiger partial charge in [0.2, 0.25) is 0 Å². The Labute approximate surface area is 104 Å². The van der Waals surface area contributed by atoms with Crippen molar-refractivity contribution in [3.8, 4) is 11.5 Å². The zero-order valence-electron chi connectivity index (χ0n) is 9.60. The molecule has 1 aromatic rings. The van der Waals surface area contributed by atoms with Crippen molar-refractivity contribution in [1.29, 1.82) is 0 Å². The lowest BCUT2D eigenvalue weighted by Crippen LogP contribution is -2.19. The summed E-state index contributed by atoms with van der Waals surface area (Å²) in [4.78, 5) is 0. The molecule has 1 heterocycles. The number of rotatable bonds is 3. The van der Waals surface area contributed by atoms with Gasteiger partial charge in [-0.05, 0) is 38.6 Å². The molecule has 1 N–H and O–H groups in total. The summed E-state index contributed by atoms with van der Waals surface area (Å²) in [6.07, 6.45) is 0.952. The molecule has 0 bridgehead atoms. The molecular formula is C12H16BrNO2. The van der Waals surface area contributed by atoms with E-state index in [1.165, 1.54) is 11.1 Å². The van der Waals surface area contributed by atoms with Gasteiger partial charge in [-0.2, -0.15) is 0 Å². The van der Waals surface area contributed by atoms with E-state index in [1.54, 1.807) is 0 Å². The zero-order chi connectivity index (χ0) is 11.5. The Morgan fingerprint density at radius 3 is 2.88 bits per heavy atom. The first kappa shape index (κ1) is 11.7. The number of halogens is 1. The molecule has 0 unspecified atom stereocenters. The molecule has 16 heavy (non-hydrogen) atoms. The smallest absolute Gasteiger partial charge is 0.164 e. The fourth-order valence-electron chi connectivity index (χ4n) is 1.86. The van der Waals surface area contributed by atoms with Crippen molar-refractivity contribution in [1.82, 2.24) is 5.32 Å². The first-order chi connectivity index (χ1) is 7.74. The summed E-state index contributed by atoms with van der Waals surface area (Å²) in [6.45, 7) is 4.31. The maximum absolute atomic E-state index is 5.71. The predicted molar refractivity (Wildman–Crippen MR) is 67.5 cm³/mol. The molecule has 0 fully saturated rings. The van der Waals surface area contributed by atoms with Crippen LogP contribution in [0.15, 0.2) is 10.5 Å². The van der Waals surface area contributed by atoms with Crippen LogP contribution in [0.25, 0.3) is 0 Å². The van der Waals surface area contributed by atoms with Crippen molar-refractivity contribution in [2.24, 2.45) is 0 Å². The van der Waals surface area contributed by atoms with Crippen LogP contribution < -0.4 is 14.8 Å². The van der Waals surface area contributed by atoms with Gasteiger partial charge < -0.3 is 14.8 Å². The Morgan fingerprint density at radius 1 is 1.38 bits per heavy atom. The van der Waals surface area contributed by atoms with E-state index in [-0.39, 0.29) is 0 Å². The van der Waals surface area contributed by atoms with Crippen LogP contribution in [0.1, 0.15) is 11.1 Å². The Bertz CT molecular complexity index is 393. The van der Waals surface area contributed by atoms with Gasteiger partial charge in [0.25, 0.3) is 0 Å². The molecule has 0 aromatic heterocycles. The van der Waals surface area contributed by atoms with Crippen LogP contribution in [-0.4, -0.2) is 26.8 Å². The number of ether oxygens (including phenoxy) is 2. The minimum atomic E-state index is 0.633. The van der Waals surface area contributed by atoms with Crippen LogP contribution in [-0.2, 0) is 6.42 Å². The second-order valence-electron chi connectivity index (χ2n) is 3.84. The molecule has 0 spiro atoms. The number of nitrogens with one attached hydrogen (secondary N) is 1. The lowest BCUT2D eigenvalue weighted by molar-refractivity contribution is 0.169. The molecule has 0 saturated carbocycles. The Kier molecular flexibility index (Phi) is 3.71. The topological polar surface area (TPSA) is 30.5 Å². The third kappa shape index (κ3) is 2.18. The van der Waals surface area contributed by atoms with Gasteiger partial charge >= 0.3 is 0 Å². The van der Waals surface area contributed by atoms with Gasteiger partial charge in [-0.15, -0.1) is 0 Å². The highest BCUT2D eigenvalue weighted by Crippen LogP contribution is 2.39. The number of hydrogen-bond acceptors (Lipinski definition) is 3. The summed E-state index contributed by atoms with van der Waals surface area (Å²) in [5.74, 6) is 1.78. The average molecular weight is 286 g/mol. The van der Waals surface area contributed by atoms with Crippen molar-refractivity contribution in [2.45, 2.75) is 13.3 Å². The zero-order valence-corrected chi connectivity index (χ0v) is 11.2. The van der Waals surface area contributed by atoms with Crippen molar-refractivity contribution in [3.63, 3.8) is 0 Å². The highest BCUT2D eigenvalue weighted by molar-refractivity contribution is 9.10. The Morgan fingerprint density at radius 2 is 2.12 bits per heavy atom. The van der Waals surface area contributed by atoms with E-state index >= 15 is 0 Å². The molecule has 1 aliphatic rings. The average Bonchev–Trinajstić information content (AvgIpc) is 2.30. The van der Waals surface area contributed by atoms with Crippen molar-refractivity contribution < 1.29 is 9.47 Å². The van der Waals surface area contributed by atoms with Crippen LogP contribution in [0.3, 0.4) is 0 Å². The molecule has 2 rings (SSSR count). The van der Waals surface area contributed by atoms with Crippen LogP contribution >= 0.6 is 15.9 Å². The maximum atomic E-state index is 5.71. The SMILES string of the molecule is CNCCc1c(C)c(Br)cc2c1OCCO2. The Balaban J connectivity index is 2.41. The highest BCUT2D eigenvalue weighted by atomic mass is 79.9. The van der Waals surface area contributed by atoms with Crippen molar-refractivity contribution in [3.05, 3.63) is 21.7 Å². The standard InChI is InChI=1S/C12H16BrNO2/c1-8-9(3-4-14-2)12-11(7-10(8)13)15-5-6-16-12/h7,14H,3-6H2,1-2H3. The van der Waals surface area contributed by atoms with Crippen LogP contribution in [0, 0.1) is 6.92 Å². The minimum absolute atomic E-state index is 0.633. The molecular weight excluding hydrogens is 270 g/mol. The quantitative estimate of drug-likeness (QED) is 0.924. The van der Waals surface area contributed by atoms with Gasteiger partial charge in [0.05, 0.1) is 0 Å². The second kappa shape index (κ2) is 5.06. The monoisotopic (exact) mass is 285 g/mol. The number of hydrogen-bond donors (Lipinski definition) is 1. The van der Waals surface area contributed by atoms with E-state index < -0.39 is 0 Å². The van der Waals surface area contributed by atoms with Gasteiger partial charge in [-0.25, -0.2) is 0 Å². The van der Waals surface area contributed by atoms with E-state index in [9.17, 15) is 0 Å². The van der Waals surface area contributed by atoms with Crippen LogP contribution in [0.4, 0.5) is 0 Å². The molecule has 4 heteroatoms. The molecule has 3 nitrogen and oxygen atoms in total. The first-order valence-corrected chi connectivity index (χ1v) is 6.25. The molecule has 0 saturated heterocycles. The number of fused-ring (bicyclic) bond motifs is 1. The molecule has 0 atom stereocenters. The van der Waals surface area contributed by atoms with E-state index in [0.29, 0.717) is 13.2 Å². The summed E-state index contributed by atoms with van der Waals surface area (Å²) in [6, 6.07) is 1.99. The lowest BCUT2D eigenvalue weighted by Gasteiger charge is -2.23. The van der Waals surface area contributed by atoms with E-state index in [4.69, 9.17) is 9.47 Å². The highest BCUT2D eigenvalue weighted by Gasteiger charge is 2.19. The van der Waals surface area contributed by atoms with Crippen LogP contribution in [0.5, 0.6) is 11.5 Å². The van der Waals surface area contributed by atoms with Crippen molar-refractivity contribution >= 4 is 15.9 Å². The van der Waals surface area contributed by atoms with Gasteiger partial charge in [0, 0.05) is 10.0 Å². The van der Waals surface area contributed by atoms with Gasteiger partial charge in [0.15, 0.2) is 11.5 Å². The van der Waals surface area contributed by atoms with E-state index in [1.807, 2.05) is 13.1 Å². The third-order valence-electron chi connectivity index (χ3n) is 2.78. The fourth-order valence-corrected chi connectivity index (χ4v) is 2.31. The Hall–Kier alpha value is -0.740. The number of likely N-dealkylation sites (N-methyl/N-ethyl adjacent to an activating group) is 1. The summed E-state index contributed by atoms with van der Waals surface area (Å²) >= 11 is 3.56. The molecule has 0 amide bonds. The second-order valence-corrected chi connectivity index (χ2v) is 4.69. The minimum Gasteiger partial charge on any atom is -0.486 e. The summed E-state index contributed by atoms with van der Waals surface area (Å²) in [5.41, 5.74) is 2.47. The first-order valence-electron chi connectivity index (χ1n) is 5.46. The van der Waals surface area contributed by atoms with Gasteiger partial charge in [0.1, 0.15) is 13.2 Å². The number of benzene rings is 1. The lowest BCUT2D eigenvalue weighted by atomic mass is 10.0. The summed E-state index contributed by atoms with van der Waals surface area (Å²) in [7, 11) is 1.96. The molecule has 0 aliphatic carbocycles. The predicted octanol–water partition coefficient (Wildman–Crippen LogP) is 2.29. The van der Waals surface area contributed by atoms with Gasteiger partial charge in [-0.1, -0.05) is 15.9 Å². The normalized spacial score (nSPS) is 13.9. The van der Waals surface area contributed by atoms with Crippen molar-refractivity contribution in [2.75, 3.05) is 26.8 Å². The van der Waals surface area contributed by atoms with E-state index in [2.05, 4.69) is 28.2 Å². The molecule has 1 aromatic carbocycles. The molecule has 88 valence electrons. The molecule has 1 aliphatic heterocycles. The fraction of sp³-hybridized carbons (Fsp3) is 0.500. The maximum Gasteiger partial charge on any atom is 0.164 e. The summed E-state index contributed by atoms with van der Waals surface area (Å²) in [5, 5.41) is 3.16. The summed E-state index contributed by atoms with van der Waals surface area (Å²) < 4.78 is 12.4. The van der Waals surface area contributed by atoms with E-state index in [0.717, 1.165) is 28.9 Å². The van der Waals surface area contributed by atoms with Gasteiger partial charge in [-0.3, -0.25) is 0 Å². The van der Waals surface area contributed by atoms with Crippen LogP contribution in [0.2, 0.25) is 0 Å². The molecule has 0 radical (unpaired) electrons.